The van der Waals surface area contributed by atoms with E-state index in [0.717, 1.165) is 25.8 Å². The van der Waals surface area contributed by atoms with Gasteiger partial charge in [0.05, 0.1) is 5.92 Å². The molecule has 0 aromatic rings. The molecule has 1 amide bonds. The normalized spacial score (nSPS) is 22.5. The van der Waals surface area contributed by atoms with Crippen molar-refractivity contribution in [3.63, 3.8) is 0 Å². The number of ether oxygens (including phenoxy) is 2. The fourth-order valence-electron chi connectivity index (χ4n) is 2.79. The van der Waals surface area contributed by atoms with Crippen molar-refractivity contribution in [1.82, 2.24) is 4.90 Å². The van der Waals surface area contributed by atoms with Gasteiger partial charge >= 0.3 is 5.97 Å². The van der Waals surface area contributed by atoms with Crippen molar-refractivity contribution in [2.45, 2.75) is 59.0 Å². The summed E-state index contributed by atoms with van der Waals surface area (Å²) in [6.07, 6.45) is 3.04. The maximum absolute atomic E-state index is 12.3. The highest BCUT2D eigenvalue weighted by atomic mass is 16.6. The Morgan fingerprint density at radius 3 is 2.45 bits per heavy atom. The van der Waals surface area contributed by atoms with Gasteiger partial charge in [-0.3, -0.25) is 9.59 Å². The van der Waals surface area contributed by atoms with Gasteiger partial charge in [-0.25, -0.2) is 0 Å². The predicted octanol–water partition coefficient (Wildman–Crippen LogP) is 2.63. The van der Waals surface area contributed by atoms with Gasteiger partial charge in [0.15, 0.2) is 0 Å². The molecule has 128 valence electrons. The van der Waals surface area contributed by atoms with Crippen molar-refractivity contribution in [2.24, 2.45) is 11.8 Å². The number of nitrogens with zero attached hydrogens (tertiary/aromatic N) is 1. The Hall–Kier alpha value is -1.10. The highest BCUT2D eigenvalue weighted by molar-refractivity contribution is 5.78. The van der Waals surface area contributed by atoms with Crippen LogP contribution in [0.4, 0.5) is 0 Å². The molecule has 0 unspecified atom stereocenters. The van der Waals surface area contributed by atoms with Gasteiger partial charge in [-0.1, -0.05) is 6.92 Å². The smallest absolute Gasteiger partial charge is 0.311 e. The summed E-state index contributed by atoms with van der Waals surface area (Å²) in [5.41, 5.74) is -0.479. The molecule has 0 saturated carbocycles. The van der Waals surface area contributed by atoms with E-state index in [1.54, 1.807) is 7.11 Å². The van der Waals surface area contributed by atoms with Gasteiger partial charge in [0.1, 0.15) is 5.60 Å². The lowest BCUT2D eigenvalue weighted by molar-refractivity contribution is -0.163. The molecule has 5 nitrogen and oxygen atoms in total. The average molecular weight is 313 g/mol. The highest BCUT2D eigenvalue weighted by Crippen LogP contribution is 2.25. The summed E-state index contributed by atoms with van der Waals surface area (Å²) in [5.74, 6) is 0.0764. The third-order valence-corrected chi connectivity index (χ3v) is 3.74. The summed E-state index contributed by atoms with van der Waals surface area (Å²) in [4.78, 5) is 26.4. The maximum atomic E-state index is 12.3. The minimum Gasteiger partial charge on any atom is -0.460 e. The number of rotatable bonds is 6. The van der Waals surface area contributed by atoms with Gasteiger partial charge in [-0.15, -0.1) is 0 Å². The Balaban J connectivity index is 2.52. The van der Waals surface area contributed by atoms with E-state index in [0.29, 0.717) is 25.5 Å². The van der Waals surface area contributed by atoms with Crippen LogP contribution in [0.1, 0.15) is 53.4 Å². The standard InChI is InChI=1S/C17H31NO4/c1-13-10-14(16(20)22-17(2,3)4)12-18(11-13)15(19)8-6-7-9-21-5/h13-14H,6-12H2,1-5H3/t13-,14-/m0/s1. The summed E-state index contributed by atoms with van der Waals surface area (Å²) in [5, 5.41) is 0. The van der Waals surface area contributed by atoms with E-state index in [1.807, 2.05) is 25.7 Å². The van der Waals surface area contributed by atoms with Crippen LogP contribution < -0.4 is 0 Å². The Kier molecular flexibility index (Phi) is 7.33. The van der Waals surface area contributed by atoms with Crippen molar-refractivity contribution in [1.29, 1.82) is 0 Å². The van der Waals surface area contributed by atoms with Crippen LogP contribution in [0.2, 0.25) is 0 Å². The second kappa shape index (κ2) is 8.51. The van der Waals surface area contributed by atoms with E-state index < -0.39 is 5.60 Å². The first-order valence-electron chi connectivity index (χ1n) is 8.22. The van der Waals surface area contributed by atoms with Crippen LogP contribution in [0.5, 0.6) is 0 Å². The molecule has 1 aliphatic heterocycles. The summed E-state index contributed by atoms with van der Waals surface area (Å²) in [6, 6.07) is 0. The number of carbonyl (C=O) groups excluding carboxylic acids is 2. The first-order valence-corrected chi connectivity index (χ1v) is 8.22. The molecule has 0 aromatic heterocycles. The molecule has 0 aliphatic carbocycles. The Morgan fingerprint density at radius 2 is 1.86 bits per heavy atom. The molecule has 1 heterocycles. The number of unbranched alkanes of at least 4 members (excludes halogenated alkanes) is 1. The van der Waals surface area contributed by atoms with Crippen molar-refractivity contribution < 1.29 is 19.1 Å². The molecular weight excluding hydrogens is 282 g/mol. The van der Waals surface area contributed by atoms with Crippen LogP contribution in [0.3, 0.4) is 0 Å². The third-order valence-electron chi connectivity index (χ3n) is 3.74. The molecule has 1 aliphatic rings. The van der Waals surface area contributed by atoms with Gasteiger partial charge in [0, 0.05) is 33.2 Å². The van der Waals surface area contributed by atoms with Crippen LogP contribution in [0, 0.1) is 11.8 Å². The zero-order valence-electron chi connectivity index (χ0n) is 14.7. The molecule has 5 heteroatoms. The van der Waals surface area contributed by atoms with E-state index in [9.17, 15) is 9.59 Å². The van der Waals surface area contributed by atoms with E-state index in [1.165, 1.54) is 0 Å². The van der Waals surface area contributed by atoms with Crippen LogP contribution in [-0.4, -0.2) is 49.2 Å². The summed E-state index contributed by atoms with van der Waals surface area (Å²) < 4.78 is 10.5. The van der Waals surface area contributed by atoms with Gasteiger partial charge in [0.2, 0.25) is 5.91 Å². The predicted molar refractivity (Wildman–Crippen MR) is 85.4 cm³/mol. The highest BCUT2D eigenvalue weighted by Gasteiger charge is 2.34. The fraction of sp³-hybridized carbons (Fsp3) is 0.882. The lowest BCUT2D eigenvalue weighted by atomic mass is 9.90. The molecule has 0 bridgehead atoms. The van der Waals surface area contributed by atoms with Crippen LogP contribution in [0.15, 0.2) is 0 Å². The van der Waals surface area contributed by atoms with Gasteiger partial charge in [0.25, 0.3) is 0 Å². The average Bonchev–Trinajstić information content (AvgIpc) is 2.41. The van der Waals surface area contributed by atoms with Gasteiger partial charge < -0.3 is 14.4 Å². The number of amides is 1. The molecule has 0 radical (unpaired) electrons. The molecule has 0 N–H and O–H groups in total. The molecule has 1 rings (SSSR count). The van der Waals surface area contributed by atoms with Crippen molar-refractivity contribution in [3.8, 4) is 0 Å². The fourth-order valence-corrected chi connectivity index (χ4v) is 2.79. The Morgan fingerprint density at radius 1 is 1.18 bits per heavy atom. The number of esters is 1. The minimum absolute atomic E-state index is 0.135. The quantitative estimate of drug-likeness (QED) is 0.559. The maximum Gasteiger partial charge on any atom is 0.311 e. The molecular formula is C17H31NO4. The molecule has 1 saturated heterocycles. The topological polar surface area (TPSA) is 55.8 Å². The summed E-state index contributed by atoms with van der Waals surface area (Å²) in [7, 11) is 1.67. The third kappa shape index (κ3) is 6.77. The van der Waals surface area contributed by atoms with E-state index in [2.05, 4.69) is 6.92 Å². The largest absolute Gasteiger partial charge is 0.460 e. The lowest BCUT2D eigenvalue weighted by Gasteiger charge is -2.36. The first-order chi connectivity index (χ1) is 10.2. The van der Waals surface area contributed by atoms with Crippen LogP contribution in [0.25, 0.3) is 0 Å². The number of carbonyl (C=O) groups is 2. The minimum atomic E-state index is -0.479. The van der Waals surface area contributed by atoms with Crippen molar-refractivity contribution in [3.05, 3.63) is 0 Å². The molecule has 1 fully saturated rings. The second-order valence-corrected chi connectivity index (χ2v) is 7.32. The monoisotopic (exact) mass is 313 g/mol. The molecule has 0 spiro atoms. The van der Waals surface area contributed by atoms with E-state index in [-0.39, 0.29) is 17.8 Å². The zero-order valence-corrected chi connectivity index (χ0v) is 14.7. The zero-order chi connectivity index (χ0) is 16.8. The van der Waals surface area contributed by atoms with Gasteiger partial charge in [-0.05, 0) is 46.0 Å². The summed E-state index contributed by atoms with van der Waals surface area (Å²) >= 11 is 0. The SMILES string of the molecule is COCCCCC(=O)N1C[C@@H](C)C[C@H](C(=O)OC(C)(C)C)C1. The molecule has 2 atom stereocenters. The van der Waals surface area contributed by atoms with Crippen molar-refractivity contribution >= 4 is 11.9 Å². The van der Waals surface area contributed by atoms with E-state index in [4.69, 9.17) is 9.47 Å². The van der Waals surface area contributed by atoms with Crippen LogP contribution in [-0.2, 0) is 19.1 Å². The number of likely N-dealkylation sites (tertiary alicyclic amines) is 1. The second-order valence-electron chi connectivity index (χ2n) is 7.32. The Labute approximate surface area is 134 Å². The number of hydrogen-bond acceptors (Lipinski definition) is 4. The number of hydrogen-bond donors (Lipinski definition) is 0. The lowest BCUT2D eigenvalue weighted by Crippen LogP contribution is -2.46. The summed E-state index contributed by atoms with van der Waals surface area (Å²) in [6.45, 7) is 9.61. The Bertz CT molecular complexity index is 375. The molecule has 0 aromatic carbocycles. The van der Waals surface area contributed by atoms with Crippen molar-refractivity contribution in [2.75, 3.05) is 26.8 Å². The number of piperidine rings is 1. The number of methoxy groups -OCH3 is 1. The molecule has 22 heavy (non-hydrogen) atoms. The van der Waals surface area contributed by atoms with E-state index >= 15 is 0 Å². The first kappa shape index (κ1) is 18.9. The van der Waals surface area contributed by atoms with Gasteiger partial charge in [-0.2, -0.15) is 0 Å². The van der Waals surface area contributed by atoms with Crippen LogP contribution >= 0.6 is 0 Å².